The van der Waals surface area contributed by atoms with Gasteiger partial charge in [0.1, 0.15) is 18.5 Å². The lowest BCUT2D eigenvalue weighted by Crippen LogP contribution is -2.32. The highest BCUT2D eigenvalue weighted by molar-refractivity contribution is 6.09. The van der Waals surface area contributed by atoms with Gasteiger partial charge in [0.25, 0.3) is 0 Å². The van der Waals surface area contributed by atoms with Gasteiger partial charge < -0.3 is 19.7 Å². The molecule has 4 aromatic rings. The first-order valence-electron chi connectivity index (χ1n) is 12.1. The third-order valence-corrected chi connectivity index (χ3v) is 6.47. The molecule has 0 fully saturated rings. The second kappa shape index (κ2) is 10.9. The normalized spacial score (nSPS) is 12.1. The summed E-state index contributed by atoms with van der Waals surface area (Å²) in [7, 11) is 0. The Morgan fingerprint density at radius 2 is 1.77 bits per heavy atom. The van der Waals surface area contributed by atoms with Crippen LogP contribution in [0, 0.1) is 20.8 Å². The molecule has 0 aliphatic carbocycles. The highest BCUT2D eigenvalue weighted by Gasteiger charge is 2.19. The maximum absolute atomic E-state index is 12.5. The zero-order chi connectivity index (χ0) is 24.9. The first-order valence-corrected chi connectivity index (χ1v) is 12.1. The van der Waals surface area contributed by atoms with Crippen LogP contribution in [0.5, 0.6) is 5.75 Å². The van der Waals surface area contributed by atoms with Gasteiger partial charge in [0, 0.05) is 28.9 Å². The molecule has 5 heteroatoms. The number of hydrogen-bond donors (Lipinski definition) is 2. The van der Waals surface area contributed by atoms with Gasteiger partial charge in [0.15, 0.2) is 5.78 Å². The Bertz CT molecular complexity index is 1320. The van der Waals surface area contributed by atoms with E-state index < -0.39 is 6.10 Å². The Labute approximate surface area is 207 Å². The van der Waals surface area contributed by atoms with Crippen LogP contribution in [0.2, 0.25) is 0 Å². The number of hydrogen-bond acceptors (Lipinski definition) is 4. The van der Waals surface area contributed by atoms with E-state index in [0.717, 1.165) is 35.2 Å². The average molecular weight is 471 g/mol. The fourth-order valence-corrected chi connectivity index (χ4v) is 4.59. The van der Waals surface area contributed by atoms with Gasteiger partial charge >= 0.3 is 0 Å². The number of aryl methyl sites for hydroxylation is 2. The number of benzene rings is 3. The van der Waals surface area contributed by atoms with E-state index in [0.29, 0.717) is 17.9 Å². The maximum atomic E-state index is 12.5. The van der Waals surface area contributed by atoms with Gasteiger partial charge in [-0.05, 0) is 82.1 Å². The number of aliphatic hydroxyl groups is 1. The maximum Gasteiger partial charge on any atom is 0.162 e. The topological polar surface area (TPSA) is 63.5 Å². The second-order valence-corrected chi connectivity index (χ2v) is 9.21. The quantitative estimate of drug-likeness (QED) is 0.243. The standard InChI is InChI=1S/C30H34N2O3/c1-20-9-11-25(12-10-20)32-22(3)30(23(4)33)28-17-27(13-14-29(28)32)35-19-26(34)18-31-16-15-24-8-6-5-7-21(24)2/h5-14,17,26,31,34H,15-16,18-19H2,1-4H3. The molecule has 1 aromatic heterocycles. The number of aliphatic hydroxyl groups excluding tert-OH is 1. The van der Waals surface area contributed by atoms with Crippen LogP contribution in [0.1, 0.15) is 39.7 Å². The summed E-state index contributed by atoms with van der Waals surface area (Å²) in [6.07, 6.45) is 0.288. The first-order chi connectivity index (χ1) is 16.8. The van der Waals surface area contributed by atoms with Crippen LogP contribution in [0.4, 0.5) is 0 Å². The number of carbonyl (C=O) groups is 1. The Morgan fingerprint density at radius 3 is 2.49 bits per heavy atom. The lowest BCUT2D eigenvalue weighted by atomic mass is 10.1. The van der Waals surface area contributed by atoms with Crippen LogP contribution in [-0.2, 0) is 6.42 Å². The molecule has 1 atom stereocenters. The summed E-state index contributed by atoms with van der Waals surface area (Å²) in [5.74, 6) is 0.661. The SMILES string of the molecule is CC(=O)c1c(C)n(-c2ccc(C)cc2)c2ccc(OCC(O)CNCCc3ccccc3C)cc12. The van der Waals surface area contributed by atoms with Crippen molar-refractivity contribution in [2.75, 3.05) is 19.7 Å². The molecule has 35 heavy (non-hydrogen) atoms. The van der Waals surface area contributed by atoms with Crippen LogP contribution in [0.3, 0.4) is 0 Å². The van der Waals surface area contributed by atoms with E-state index >= 15 is 0 Å². The predicted molar refractivity (Wildman–Crippen MR) is 142 cm³/mol. The van der Waals surface area contributed by atoms with E-state index in [-0.39, 0.29) is 12.4 Å². The third-order valence-electron chi connectivity index (χ3n) is 6.47. The van der Waals surface area contributed by atoms with Gasteiger partial charge in [-0.15, -0.1) is 0 Å². The summed E-state index contributed by atoms with van der Waals surface area (Å²) >= 11 is 0. The van der Waals surface area contributed by atoms with Crippen molar-refractivity contribution >= 4 is 16.7 Å². The summed E-state index contributed by atoms with van der Waals surface area (Å²) in [6, 6.07) is 22.4. The minimum atomic E-state index is -0.631. The van der Waals surface area contributed by atoms with Crippen LogP contribution >= 0.6 is 0 Å². The molecule has 0 bridgehead atoms. The Balaban J connectivity index is 1.42. The number of carbonyl (C=O) groups excluding carboxylic acids is 1. The van der Waals surface area contributed by atoms with Gasteiger partial charge in [-0.2, -0.15) is 0 Å². The molecule has 182 valence electrons. The summed E-state index contributed by atoms with van der Waals surface area (Å²) in [5, 5.41) is 14.6. The van der Waals surface area contributed by atoms with E-state index in [4.69, 9.17) is 4.74 Å². The van der Waals surface area contributed by atoms with E-state index in [9.17, 15) is 9.90 Å². The lowest BCUT2D eigenvalue weighted by Gasteiger charge is -2.14. The molecule has 0 spiro atoms. The van der Waals surface area contributed by atoms with Crippen molar-refractivity contribution < 1.29 is 14.6 Å². The fraction of sp³-hybridized carbons (Fsp3) is 0.300. The van der Waals surface area contributed by atoms with Gasteiger partial charge in [0.05, 0.1) is 5.52 Å². The molecule has 4 rings (SSSR count). The van der Waals surface area contributed by atoms with Crippen molar-refractivity contribution in [1.29, 1.82) is 0 Å². The number of Topliss-reactive ketones (excluding diaryl/α,β-unsaturated/α-hetero) is 1. The molecular weight excluding hydrogens is 436 g/mol. The fourth-order valence-electron chi connectivity index (χ4n) is 4.59. The highest BCUT2D eigenvalue weighted by atomic mass is 16.5. The predicted octanol–water partition coefficient (Wildman–Crippen LogP) is 5.33. The van der Waals surface area contributed by atoms with Crippen molar-refractivity contribution in [3.05, 3.63) is 94.7 Å². The average Bonchev–Trinajstić information content (AvgIpc) is 3.13. The number of aromatic nitrogens is 1. The summed E-state index contributed by atoms with van der Waals surface area (Å²) in [6.45, 7) is 9.17. The minimum Gasteiger partial charge on any atom is -0.491 e. The number of rotatable bonds is 10. The lowest BCUT2D eigenvalue weighted by molar-refractivity contribution is 0.101. The van der Waals surface area contributed by atoms with Crippen molar-refractivity contribution in [3.8, 4) is 11.4 Å². The van der Waals surface area contributed by atoms with Gasteiger partial charge in [-0.3, -0.25) is 4.79 Å². The first kappa shape index (κ1) is 24.7. The number of nitrogens with one attached hydrogen (secondary N) is 1. The molecule has 3 aromatic carbocycles. The van der Waals surface area contributed by atoms with Gasteiger partial charge in [-0.25, -0.2) is 0 Å². The van der Waals surface area contributed by atoms with E-state index in [2.05, 4.69) is 66.2 Å². The van der Waals surface area contributed by atoms with Gasteiger partial charge in [-0.1, -0.05) is 42.0 Å². The van der Waals surface area contributed by atoms with Crippen LogP contribution in [0.25, 0.3) is 16.6 Å². The van der Waals surface area contributed by atoms with Gasteiger partial charge in [0.2, 0.25) is 0 Å². The zero-order valence-electron chi connectivity index (χ0n) is 21.0. The van der Waals surface area contributed by atoms with E-state index in [1.54, 1.807) is 6.92 Å². The Kier molecular flexibility index (Phi) is 7.69. The summed E-state index contributed by atoms with van der Waals surface area (Å²) in [5.41, 5.74) is 7.37. The monoisotopic (exact) mass is 470 g/mol. The van der Waals surface area contributed by atoms with Crippen molar-refractivity contribution in [1.82, 2.24) is 9.88 Å². The molecule has 0 amide bonds. The molecule has 2 N–H and O–H groups in total. The van der Waals surface area contributed by atoms with Crippen LogP contribution in [-0.4, -0.2) is 41.3 Å². The number of ketones is 1. The third kappa shape index (κ3) is 5.64. The van der Waals surface area contributed by atoms with Crippen molar-refractivity contribution in [2.24, 2.45) is 0 Å². The Morgan fingerprint density at radius 1 is 1.03 bits per heavy atom. The minimum absolute atomic E-state index is 0.0217. The molecule has 5 nitrogen and oxygen atoms in total. The summed E-state index contributed by atoms with van der Waals surface area (Å²) < 4.78 is 8.02. The molecule has 0 saturated heterocycles. The summed E-state index contributed by atoms with van der Waals surface area (Å²) in [4.78, 5) is 12.5. The van der Waals surface area contributed by atoms with Crippen LogP contribution < -0.4 is 10.1 Å². The molecule has 0 aliphatic heterocycles. The molecular formula is C30H34N2O3. The van der Waals surface area contributed by atoms with E-state index in [1.165, 1.54) is 16.7 Å². The largest absolute Gasteiger partial charge is 0.491 e. The molecule has 0 radical (unpaired) electrons. The second-order valence-electron chi connectivity index (χ2n) is 9.21. The molecule has 0 saturated carbocycles. The Hall–Kier alpha value is -3.41. The van der Waals surface area contributed by atoms with Crippen molar-refractivity contribution in [3.63, 3.8) is 0 Å². The number of fused-ring (bicyclic) bond motifs is 1. The zero-order valence-corrected chi connectivity index (χ0v) is 21.0. The van der Waals surface area contributed by atoms with Crippen molar-refractivity contribution in [2.45, 2.75) is 40.2 Å². The number of nitrogens with zero attached hydrogens (tertiary/aromatic N) is 1. The smallest absolute Gasteiger partial charge is 0.162 e. The molecule has 0 aliphatic rings. The van der Waals surface area contributed by atoms with E-state index in [1.807, 2.05) is 31.2 Å². The van der Waals surface area contributed by atoms with Crippen LogP contribution in [0.15, 0.2) is 66.7 Å². The number of ether oxygens (including phenoxy) is 1. The molecule has 1 unspecified atom stereocenters. The highest BCUT2D eigenvalue weighted by Crippen LogP contribution is 2.32. The molecule has 1 heterocycles.